The van der Waals surface area contributed by atoms with Gasteiger partial charge in [0.1, 0.15) is 5.75 Å². The van der Waals surface area contributed by atoms with Crippen molar-refractivity contribution >= 4 is 21.9 Å². The van der Waals surface area contributed by atoms with Crippen LogP contribution in [0, 0.1) is 5.92 Å². The summed E-state index contributed by atoms with van der Waals surface area (Å²) >= 11 is 0. The molecule has 1 saturated heterocycles. The lowest BCUT2D eigenvalue weighted by Gasteiger charge is -2.29. The van der Waals surface area contributed by atoms with Gasteiger partial charge in [0.2, 0.25) is 21.8 Å². The van der Waals surface area contributed by atoms with Crippen molar-refractivity contribution in [1.29, 1.82) is 0 Å². The first kappa shape index (κ1) is 19.3. The Balaban J connectivity index is 1.53. The van der Waals surface area contributed by atoms with Crippen LogP contribution in [0.15, 0.2) is 28.7 Å². The number of hydrogen-bond acceptors (Lipinski definition) is 7. The van der Waals surface area contributed by atoms with Gasteiger partial charge in [-0.2, -0.15) is 0 Å². The molecule has 146 valence electrons. The fraction of sp³-hybridized carbons (Fsp3) is 0.471. The second kappa shape index (κ2) is 8.05. The Bertz CT molecular complexity index is 886. The molecule has 1 aromatic carbocycles. The number of piperidine rings is 1. The summed E-state index contributed by atoms with van der Waals surface area (Å²) in [6.45, 7) is 0.674. The average Bonchev–Trinajstić information content (AvgIpc) is 3.08. The zero-order valence-corrected chi connectivity index (χ0v) is 16.0. The van der Waals surface area contributed by atoms with E-state index in [0.717, 1.165) is 11.3 Å². The Morgan fingerprint density at radius 1 is 1.26 bits per heavy atom. The minimum absolute atomic E-state index is 0.0501. The zero-order chi connectivity index (χ0) is 19.4. The number of methoxy groups -OCH3 is 1. The molecule has 10 heteroatoms. The smallest absolute Gasteiger partial charge is 0.322 e. The number of sulfonamides is 1. The van der Waals surface area contributed by atoms with Crippen LogP contribution in [0.5, 0.6) is 5.75 Å². The highest BCUT2D eigenvalue weighted by molar-refractivity contribution is 7.88. The summed E-state index contributed by atoms with van der Waals surface area (Å²) in [4.78, 5) is 12.3. The van der Waals surface area contributed by atoms with Crippen LogP contribution in [0.25, 0.3) is 0 Å². The molecule has 0 saturated carbocycles. The van der Waals surface area contributed by atoms with Crippen molar-refractivity contribution in [1.82, 2.24) is 14.5 Å². The molecule has 1 fully saturated rings. The third-order valence-electron chi connectivity index (χ3n) is 4.51. The lowest BCUT2D eigenvalue weighted by molar-refractivity contribution is -0.121. The van der Waals surface area contributed by atoms with E-state index in [-0.39, 0.29) is 17.8 Å². The van der Waals surface area contributed by atoms with Gasteiger partial charge in [0.05, 0.1) is 19.8 Å². The van der Waals surface area contributed by atoms with Crippen LogP contribution in [-0.4, -0.2) is 55.3 Å². The summed E-state index contributed by atoms with van der Waals surface area (Å²) < 4.78 is 35.0. The molecule has 0 spiro atoms. The van der Waals surface area contributed by atoms with Crippen molar-refractivity contribution in [2.24, 2.45) is 5.92 Å². The van der Waals surface area contributed by atoms with Gasteiger partial charge in [-0.3, -0.25) is 10.1 Å². The molecule has 2 heterocycles. The van der Waals surface area contributed by atoms with Crippen molar-refractivity contribution in [3.8, 4) is 5.75 Å². The number of benzene rings is 1. The Hall–Kier alpha value is -2.46. The Morgan fingerprint density at radius 3 is 2.52 bits per heavy atom. The van der Waals surface area contributed by atoms with Gasteiger partial charge < -0.3 is 9.15 Å². The van der Waals surface area contributed by atoms with Gasteiger partial charge in [-0.05, 0) is 30.5 Å². The van der Waals surface area contributed by atoms with Crippen molar-refractivity contribution < 1.29 is 22.4 Å². The number of nitrogens with one attached hydrogen (secondary N) is 1. The van der Waals surface area contributed by atoms with Gasteiger partial charge in [0, 0.05) is 19.0 Å². The second-order valence-electron chi connectivity index (χ2n) is 6.45. The minimum Gasteiger partial charge on any atom is -0.497 e. The molecule has 9 nitrogen and oxygen atoms in total. The quantitative estimate of drug-likeness (QED) is 0.785. The predicted octanol–water partition coefficient (Wildman–Crippen LogP) is 1.28. The number of nitrogens with zero attached hydrogens (tertiary/aromatic N) is 3. The molecule has 2 aromatic rings. The van der Waals surface area contributed by atoms with Crippen LogP contribution in [-0.2, 0) is 21.2 Å². The lowest BCUT2D eigenvalue weighted by Crippen LogP contribution is -2.40. The highest BCUT2D eigenvalue weighted by Gasteiger charge is 2.29. The number of rotatable bonds is 6. The minimum atomic E-state index is -3.21. The van der Waals surface area contributed by atoms with Gasteiger partial charge in [0.25, 0.3) is 0 Å². The van der Waals surface area contributed by atoms with Gasteiger partial charge in [0.15, 0.2) is 0 Å². The van der Waals surface area contributed by atoms with Crippen LogP contribution in [0.3, 0.4) is 0 Å². The summed E-state index contributed by atoms with van der Waals surface area (Å²) in [5.41, 5.74) is 0.977. The Morgan fingerprint density at radius 2 is 1.93 bits per heavy atom. The van der Waals surface area contributed by atoms with Gasteiger partial charge >= 0.3 is 6.01 Å². The van der Waals surface area contributed by atoms with Gasteiger partial charge in [-0.25, -0.2) is 12.7 Å². The molecule has 0 radical (unpaired) electrons. The first-order valence-corrected chi connectivity index (χ1v) is 10.4. The summed E-state index contributed by atoms with van der Waals surface area (Å²) in [7, 11) is -1.61. The molecule has 0 atom stereocenters. The number of ether oxygens (including phenoxy) is 1. The Kier molecular flexibility index (Phi) is 5.76. The average molecular weight is 394 g/mol. The van der Waals surface area contributed by atoms with E-state index in [2.05, 4.69) is 15.5 Å². The molecule has 1 aromatic heterocycles. The molecule has 0 aliphatic carbocycles. The van der Waals surface area contributed by atoms with E-state index in [4.69, 9.17) is 9.15 Å². The summed E-state index contributed by atoms with van der Waals surface area (Å²) in [5, 5.41) is 10.4. The SMILES string of the molecule is COc1ccc(Cc2nnc(NC(=O)C3CCN(S(C)(=O)=O)CC3)o2)cc1. The summed E-state index contributed by atoms with van der Waals surface area (Å²) in [6.07, 6.45) is 2.55. The standard InChI is InChI=1S/C17H22N4O5S/c1-25-14-5-3-12(4-6-14)11-15-19-20-17(26-15)18-16(22)13-7-9-21(10-8-13)27(2,23)24/h3-6,13H,7-11H2,1-2H3,(H,18,20,22). The van der Waals surface area contributed by atoms with Crippen LogP contribution in [0.4, 0.5) is 6.01 Å². The number of amides is 1. The first-order valence-electron chi connectivity index (χ1n) is 8.56. The topological polar surface area (TPSA) is 115 Å². The monoisotopic (exact) mass is 394 g/mol. The molecule has 1 amide bonds. The van der Waals surface area contributed by atoms with Crippen molar-refractivity contribution in [2.75, 3.05) is 31.8 Å². The molecule has 3 rings (SSSR count). The van der Waals surface area contributed by atoms with Gasteiger partial charge in [-0.15, -0.1) is 5.10 Å². The maximum Gasteiger partial charge on any atom is 0.322 e. The Labute approximate surface area is 157 Å². The fourth-order valence-electron chi connectivity index (χ4n) is 2.95. The van der Waals surface area contributed by atoms with Gasteiger partial charge in [-0.1, -0.05) is 17.2 Å². The molecular weight excluding hydrogens is 372 g/mol. The number of aromatic nitrogens is 2. The van der Waals surface area contributed by atoms with Crippen LogP contribution in [0.2, 0.25) is 0 Å². The van der Waals surface area contributed by atoms with E-state index in [1.807, 2.05) is 24.3 Å². The van der Waals surface area contributed by atoms with E-state index < -0.39 is 10.0 Å². The maximum absolute atomic E-state index is 12.3. The van der Waals surface area contributed by atoms with Crippen LogP contribution in [0.1, 0.15) is 24.3 Å². The normalized spacial score (nSPS) is 16.2. The van der Waals surface area contributed by atoms with E-state index >= 15 is 0 Å². The largest absolute Gasteiger partial charge is 0.497 e. The van der Waals surface area contributed by atoms with E-state index in [9.17, 15) is 13.2 Å². The van der Waals surface area contributed by atoms with E-state index in [0.29, 0.717) is 38.2 Å². The summed E-state index contributed by atoms with van der Waals surface area (Å²) in [5.74, 6) is 0.643. The number of anilines is 1. The predicted molar refractivity (Wildman–Crippen MR) is 97.9 cm³/mol. The van der Waals surface area contributed by atoms with Crippen molar-refractivity contribution in [3.05, 3.63) is 35.7 Å². The van der Waals surface area contributed by atoms with Crippen molar-refractivity contribution in [3.63, 3.8) is 0 Å². The highest BCUT2D eigenvalue weighted by atomic mass is 32.2. The zero-order valence-electron chi connectivity index (χ0n) is 15.2. The third-order valence-corrected chi connectivity index (χ3v) is 5.81. The molecule has 0 unspecified atom stereocenters. The number of carbonyl (C=O) groups is 1. The van der Waals surface area contributed by atoms with E-state index in [1.54, 1.807) is 7.11 Å². The first-order chi connectivity index (χ1) is 12.8. The molecule has 0 bridgehead atoms. The second-order valence-corrected chi connectivity index (χ2v) is 8.43. The molecule has 1 aliphatic rings. The summed E-state index contributed by atoms with van der Waals surface area (Å²) in [6, 6.07) is 7.54. The molecule has 1 N–H and O–H groups in total. The maximum atomic E-state index is 12.3. The van der Waals surface area contributed by atoms with Crippen molar-refractivity contribution in [2.45, 2.75) is 19.3 Å². The number of hydrogen-bond donors (Lipinski definition) is 1. The van der Waals surface area contributed by atoms with Crippen LogP contribution < -0.4 is 10.1 Å². The van der Waals surface area contributed by atoms with E-state index in [1.165, 1.54) is 10.6 Å². The molecule has 1 aliphatic heterocycles. The fourth-order valence-corrected chi connectivity index (χ4v) is 3.82. The highest BCUT2D eigenvalue weighted by Crippen LogP contribution is 2.21. The third kappa shape index (κ3) is 5.04. The van der Waals surface area contributed by atoms with Crippen LogP contribution >= 0.6 is 0 Å². The number of carbonyl (C=O) groups excluding carboxylic acids is 1. The lowest BCUT2D eigenvalue weighted by atomic mass is 9.97. The molecule has 27 heavy (non-hydrogen) atoms. The molecular formula is C17H22N4O5S.